The number of aliphatic hydroxyl groups is 3. The number of methoxy groups -OCH3 is 1. The maximum atomic E-state index is 12.7. The summed E-state index contributed by atoms with van der Waals surface area (Å²) in [6.45, 7) is 7.42. The molecule has 1 aromatic carbocycles. The predicted molar refractivity (Wildman–Crippen MR) is 147 cm³/mol. The number of carbonyl (C=O) groups is 1. The molecule has 1 amide bonds. The Labute approximate surface area is 228 Å². The van der Waals surface area contributed by atoms with Gasteiger partial charge in [0, 0.05) is 13.0 Å². The van der Waals surface area contributed by atoms with Crippen molar-refractivity contribution in [2.24, 2.45) is 46.3 Å². The van der Waals surface area contributed by atoms with Gasteiger partial charge in [-0.2, -0.15) is 0 Å². The van der Waals surface area contributed by atoms with E-state index >= 15 is 0 Å². The van der Waals surface area contributed by atoms with Gasteiger partial charge >= 0.3 is 0 Å². The predicted octanol–water partition coefficient (Wildman–Crippen LogP) is 4.69. The molecule has 0 aromatic heterocycles. The van der Waals surface area contributed by atoms with Crippen LogP contribution in [-0.4, -0.2) is 46.6 Å². The van der Waals surface area contributed by atoms with Crippen LogP contribution >= 0.6 is 0 Å². The fourth-order valence-electron chi connectivity index (χ4n) is 9.72. The molecule has 0 bridgehead atoms. The number of amides is 1. The zero-order chi connectivity index (χ0) is 27.2. The van der Waals surface area contributed by atoms with Crippen LogP contribution in [0.4, 0.5) is 0 Å². The first kappa shape index (κ1) is 27.9. The van der Waals surface area contributed by atoms with Gasteiger partial charge in [0.05, 0.1) is 25.4 Å². The lowest BCUT2D eigenvalue weighted by Gasteiger charge is -2.63. The minimum atomic E-state index is -0.387. The number of carbonyl (C=O) groups excluding carboxylic acids is 1. The van der Waals surface area contributed by atoms with E-state index < -0.39 is 0 Å². The van der Waals surface area contributed by atoms with Crippen molar-refractivity contribution < 1.29 is 24.9 Å². The van der Waals surface area contributed by atoms with Gasteiger partial charge in [-0.1, -0.05) is 32.9 Å². The fraction of sp³-hybridized carbons (Fsp3) is 0.781. The van der Waals surface area contributed by atoms with Crippen LogP contribution in [0.2, 0.25) is 0 Å². The van der Waals surface area contributed by atoms with E-state index in [4.69, 9.17) is 4.74 Å². The molecule has 0 heterocycles. The largest absolute Gasteiger partial charge is 0.497 e. The summed E-state index contributed by atoms with van der Waals surface area (Å²) in [7, 11) is 1.64. The Hall–Kier alpha value is -1.63. The van der Waals surface area contributed by atoms with Gasteiger partial charge < -0.3 is 25.4 Å². The van der Waals surface area contributed by atoms with Gasteiger partial charge in [-0.15, -0.1) is 0 Å². The molecule has 11 atom stereocenters. The zero-order valence-electron chi connectivity index (χ0n) is 23.7. The monoisotopic (exact) mass is 527 g/mol. The third-order valence-electron chi connectivity index (χ3n) is 12.0. The second-order valence-corrected chi connectivity index (χ2v) is 13.7. The molecule has 11 unspecified atom stereocenters. The molecule has 38 heavy (non-hydrogen) atoms. The molecule has 1 aromatic rings. The Morgan fingerprint density at radius 2 is 1.79 bits per heavy atom. The summed E-state index contributed by atoms with van der Waals surface area (Å²) in [5, 5.41) is 36.6. The Balaban J connectivity index is 1.22. The Morgan fingerprint density at radius 1 is 1.05 bits per heavy atom. The molecule has 0 spiro atoms. The summed E-state index contributed by atoms with van der Waals surface area (Å²) in [5.41, 5.74) is 0.919. The average Bonchev–Trinajstić information content (AvgIpc) is 3.26. The van der Waals surface area contributed by atoms with E-state index in [0.29, 0.717) is 42.6 Å². The van der Waals surface area contributed by atoms with Crippen LogP contribution in [0.3, 0.4) is 0 Å². The highest BCUT2D eigenvalue weighted by atomic mass is 16.5. The van der Waals surface area contributed by atoms with E-state index in [9.17, 15) is 20.1 Å². The molecular weight excluding hydrogens is 478 g/mol. The van der Waals surface area contributed by atoms with Crippen molar-refractivity contribution in [1.29, 1.82) is 0 Å². The molecule has 0 aliphatic heterocycles. The summed E-state index contributed by atoms with van der Waals surface area (Å²) < 4.78 is 5.20. The van der Waals surface area contributed by atoms with Gasteiger partial charge in [0.25, 0.3) is 0 Å². The normalized spacial score (nSPS) is 42.9. The van der Waals surface area contributed by atoms with Gasteiger partial charge in [-0.3, -0.25) is 4.79 Å². The van der Waals surface area contributed by atoms with Gasteiger partial charge in [-0.05, 0) is 115 Å². The number of ether oxygens (including phenoxy) is 1. The first-order chi connectivity index (χ1) is 18.1. The Kier molecular flexibility index (Phi) is 7.89. The second kappa shape index (κ2) is 10.7. The minimum absolute atomic E-state index is 0.0674. The number of benzene rings is 1. The summed E-state index contributed by atoms with van der Waals surface area (Å²) in [5.74, 6) is 2.75. The van der Waals surface area contributed by atoms with E-state index in [1.165, 1.54) is 0 Å². The fourth-order valence-corrected chi connectivity index (χ4v) is 9.72. The molecule has 212 valence electrons. The number of fused-ring (bicyclic) bond motifs is 5. The topological polar surface area (TPSA) is 99.0 Å². The van der Waals surface area contributed by atoms with Crippen molar-refractivity contribution in [3.05, 3.63) is 29.8 Å². The standard InChI is InChI=1S/C32H49NO5/c1-19(5-12-29(37)33-18-20-6-8-23(38-4)9-7-20)24-10-11-25-30-26(17-28(36)32(24,25)3)31(2)14-13-22(34)15-21(31)16-27(30)35/h6-9,19,21-22,24-28,30,34-36H,5,10-18H2,1-4H3,(H,33,37). The van der Waals surface area contributed by atoms with Crippen molar-refractivity contribution in [3.63, 3.8) is 0 Å². The molecule has 0 radical (unpaired) electrons. The molecule has 4 saturated carbocycles. The van der Waals surface area contributed by atoms with E-state index in [0.717, 1.165) is 62.7 Å². The quantitative estimate of drug-likeness (QED) is 0.412. The van der Waals surface area contributed by atoms with Crippen molar-refractivity contribution in [3.8, 4) is 5.75 Å². The number of rotatable bonds is 7. The smallest absolute Gasteiger partial charge is 0.220 e. The minimum Gasteiger partial charge on any atom is -0.497 e. The van der Waals surface area contributed by atoms with E-state index in [1.807, 2.05) is 24.3 Å². The van der Waals surface area contributed by atoms with Crippen LogP contribution in [-0.2, 0) is 11.3 Å². The molecule has 4 aliphatic rings. The molecule has 6 heteroatoms. The van der Waals surface area contributed by atoms with Crippen molar-refractivity contribution in [2.45, 2.75) is 103 Å². The van der Waals surface area contributed by atoms with Crippen LogP contribution in [0.15, 0.2) is 24.3 Å². The van der Waals surface area contributed by atoms with E-state index in [1.54, 1.807) is 7.11 Å². The summed E-state index contributed by atoms with van der Waals surface area (Å²) in [6, 6.07) is 7.75. The number of nitrogens with one attached hydrogen (secondary N) is 1. The van der Waals surface area contributed by atoms with Crippen LogP contribution < -0.4 is 10.1 Å². The number of hydrogen-bond acceptors (Lipinski definition) is 5. The maximum Gasteiger partial charge on any atom is 0.220 e. The lowest BCUT2D eigenvalue weighted by atomic mass is 9.43. The summed E-state index contributed by atoms with van der Waals surface area (Å²) in [4.78, 5) is 12.7. The van der Waals surface area contributed by atoms with Gasteiger partial charge in [0.15, 0.2) is 0 Å². The highest BCUT2D eigenvalue weighted by Gasteiger charge is 2.65. The number of hydrogen-bond donors (Lipinski definition) is 4. The zero-order valence-corrected chi connectivity index (χ0v) is 23.7. The lowest BCUT2D eigenvalue weighted by Crippen LogP contribution is -2.62. The molecule has 6 nitrogen and oxygen atoms in total. The molecule has 0 saturated heterocycles. The maximum absolute atomic E-state index is 12.7. The van der Waals surface area contributed by atoms with Crippen LogP contribution in [0.25, 0.3) is 0 Å². The average molecular weight is 528 g/mol. The Bertz CT molecular complexity index is 983. The highest BCUT2D eigenvalue weighted by Crippen LogP contribution is 2.68. The highest BCUT2D eigenvalue weighted by molar-refractivity contribution is 5.75. The first-order valence-corrected chi connectivity index (χ1v) is 15.0. The second-order valence-electron chi connectivity index (χ2n) is 13.7. The summed E-state index contributed by atoms with van der Waals surface area (Å²) in [6.07, 6.45) is 6.57. The molecule has 4 aliphatic carbocycles. The molecule has 4 fully saturated rings. The molecule has 4 N–H and O–H groups in total. The third kappa shape index (κ3) is 4.79. The first-order valence-electron chi connectivity index (χ1n) is 15.0. The van der Waals surface area contributed by atoms with E-state index in [-0.39, 0.29) is 41.0 Å². The van der Waals surface area contributed by atoms with Crippen LogP contribution in [0.5, 0.6) is 5.75 Å². The lowest BCUT2D eigenvalue weighted by molar-refractivity contribution is -0.207. The van der Waals surface area contributed by atoms with Gasteiger partial charge in [0.1, 0.15) is 5.75 Å². The SMILES string of the molecule is COc1ccc(CNC(=O)CCC(C)C2CCC3C4C(O)CC5CC(O)CCC5(C)C4CC(O)C23C)cc1. The Morgan fingerprint density at radius 3 is 2.50 bits per heavy atom. The molecule has 5 rings (SSSR count). The van der Waals surface area contributed by atoms with Gasteiger partial charge in [0.2, 0.25) is 5.91 Å². The van der Waals surface area contributed by atoms with Crippen molar-refractivity contribution in [1.82, 2.24) is 5.32 Å². The van der Waals surface area contributed by atoms with Crippen molar-refractivity contribution in [2.75, 3.05) is 7.11 Å². The van der Waals surface area contributed by atoms with Crippen LogP contribution in [0.1, 0.15) is 84.1 Å². The van der Waals surface area contributed by atoms with Crippen molar-refractivity contribution >= 4 is 5.91 Å². The van der Waals surface area contributed by atoms with E-state index in [2.05, 4.69) is 26.1 Å². The van der Waals surface area contributed by atoms with Gasteiger partial charge in [-0.25, -0.2) is 0 Å². The number of aliphatic hydroxyl groups excluding tert-OH is 3. The third-order valence-corrected chi connectivity index (χ3v) is 12.0. The van der Waals surface area contributed by atoms with Crippen LogP contribution in [0, 0.1) is 46.3 Å². The summed E-state index contributed by atoms with van der Waals surface area (Å²) >= 11 is 0. The molecular formula is C32H49NO5.